The Morgan fingerprint density at radius 1 is 0.962 bits per heavy atom. The van der Waals surface area contributed by atoms with Gasteiger partial charge in [-0.1, -0.05) is 36.4 Å². The molecule has 3 rings (SSSR count). The smallest absolute Gasteiger partial charge is 0.242 e. The number of hydrogen-bond acceptors (Lipinski definition) is 4. The van der Waals surface area contributed by atoms with Crippen LogP contribution in [0.4, 0.5) is 11.4 Å². The highest BCUT2D eigenvalue weighted by molar-refractivity contribution is 7.88. The van der Waals surface area contributed by atoms with Gasteiger partial charge in [-0.15, -0.1) is 0 Å². The van der Waals surface area contributed by atoms with Gasteiger partial charge in [-0.25, -0.2) is 12.7 Å². The molecule has 1 heterocycles. The Bertz CT molecular complexity index is 793. The van der Waals surface area contributed by atoms with Gasteiger partial charge in [-0.05, 0) is 37.1 Å². The van der Waals surface area contributed by atoms with Crippen molar-refractivity contribution in [2.45, 2.75) is 12.8 Å². The lowest BCUT2D eigenvalue weighted by Gasteiger charge is -2.32. The molecule has 0 bridgehead atoms. The molecule has 0 saturated carbocycles. The van der Waals surface area contributed by atoms with Gasteiger partial charge in [0.25, 0.3) is 0 Å². The van der Waals surface area contributed by atoms with Crippen molar-refractivity contribution in [2.75, 3.05) is 24.4 Å². The molecule has 0 atom stereocenters. The van der Waals surface area contributed by atoms with Gasteiger partial charge in [0.05, 0.1) is 17.6 Å². The van der Waals surface area contributed by atoms with Crippen molar-refractivity contribution in [3.63, 3.8) is 0 Å². The zero-order valence-corrected chi connectivity index (χ0v) is 15.5. The molecule has 0 aliphatic carbocycles. The second-order valence-electron chi connectivity index (χ2n) is 6.42. The quantitative estimate of drug-likeness (QED) is 0.818. The van der Waals surface area contributed by atoms with Gasteiger partial charge in [-0.3, -0.25) is 15.2 Å². The Labute approximate surface area is 154 Å². The Balaban J connectivity index is 1.73. The van der Waals surface area contributed by atoms with E-state index in [-0.39, 0.29) is 11.8 Å². The van der Waals surface area contributed by atoms with E-state index in [0.29, 0.717) is 25.9 Å². The molecule has 1 amide bonds. The summed E-state index contributed by atoms with van der Waals surface area (Å²) in [6.45, 7) is 0.765. The van der Waals surface area contributed by atoms with Gasteiger partial charge in [0.2, 0.25) is 15.9 Å². The molecule has 7 heteroatoms. The summed E-state index contributed by atoms with van der Waals surface area (Å²) in [5.74, 6) is -0.297. The molecule has 0 aromatic heterocycles. The Morgan fingerprint density at radius 3 is 1.85 bits per heavy atom. The average molecular weight is 373 g/mol. The van der Waals surface area contributed by atoms with Crippen molar-refractivity contribution in [3.05, 3.63) is 60.7 Å². The van der Waals surface area contributed by atoms with Crippen molar-refractivity contribution in [2.24, 2.45) is 5.92 Å². The number of piperidine rings is 1. The Morgan fingerprint density at radius 2 is 1.42 bits per heavy atom. The van der Waals surface area contributed by atoms with Crippen LogP contribution in [0.5, 0.6) is 0 Å². The molecule has 1 saturated heterocycles. The van der Waals surface area contributed by atoms with E-state index in [2.05, 4.69) is 5.43 Å². The number of para-hydroxylation sites is 2. The molecule has 6 nitrogen and oxygen atoms in total. The summed E-state index contributed by atoms with van der Waals surface area (Å²) in [5.41, 5.74) is 4.72. The van der Waals surface area contributed by atoms with Crippen LogP contribution in [-0.4, -0.2) is 38.0 Å². The van der Waals surface area contributed by atoms with Crippen LogP contribution < -0.4 is 10.4 Å². The van der Waals surface area contributed by atoms with Crippen LogP contribution in [0.25, 0.3) is 0 Å². The van der Waals surface area contributed by atoms with Crippen molar-refractivity contribution in [1.29, 1.82) is 0 Å². The number of carbonyl (C=O) groups excluding carboxylic acids is 1. The van der Waals surface area contributed by atoms with Crippen LogP contribution >= 0.6 is 0 Å². The highest BCUT2D eigenvalue weighted by Crippen LogP contribution is 2.24. The van der Waals surface area contributed by atoms with Crippen molar-refractivity contribution < 1.29 is 13.2 Å². The van der Waals surface area contributed by atoms with Crippen LogP contribution in [0.15, 0.2) is 60.7 Å². The zero-order chi connectivity index (χ0) is 18.6. The minimum Gasteiger partial charge on any atom is -0.273 e. The van der Waals surface area contributed by atoms with Crippen LogP contribution in [0.1, 0.15) is 12.8 Å². The van der Waals surface area contributed by atoms with Gasteiger partial charge in [0.15, 0.2) is 0 Å². The van der Waals surface area contributed by atoms with Crippen LogP contribution in [0.3, 0.4) is 0 Å². The van der Waals surface area contributed by atoms with Gasteiger partial charge in [-0.2, -0.15) is 0 Å². The summed E-state index contributed by atoms with van der Waals surface area (Å²) in [6.07, 6.45) is 2.26. The lowest BCUT2D eigenvalue weighted by Crippen LogP contribution is -2.46. The topological polar surface area (TPSA) is 69.7 Å². The molecule has 2 aromatic carbocycles. The first kappa shape index (κ1) is 18.4. The van der Waals surface area contributed by atoms with E-state index in [9.17, 15) is 13.2 Å². The average Bonchev–Trinajstić information content (AvgIpc) is 2.67. The number of hydrazine groups is 1. The van der Waals surface area contributed by atoms with E-state index in [4.69, 9.17) is 0 Å². The van der Waals surface area contributed by atoms with Crippen LogP contribution in [0.2, 0.25) is 0 Å². The predicted octanol–water partition coefficient (Wildman–Crippen LogP) is 2.53. The number of carbonyl (C=O) groups is 1. The monoisotopic (exact) mass is 373 g/mol. The summed E-state index contributed by atoms with van der Waals surface area (Å²) >= 11 is 0. The van der Waals surface area contributed by atoms with Crippen LogP contribution in [0, 0.1) is 5.92 Å². The zero-order valence-electron chi connectivity index (χ0n) is 14.7. The van der Waals surface area contributed by atoms with Gasteiger partial charge in [0.1, 0.15) is 0 Å². The second kappa shape index (κ2) is 7.88. The number of anilines is 2. The molecule has 26 heavy (non-hydrogen) atoms. The second-order valence-corrected chi connectivity index (χ2v) is 8.40. The van der Waals surface area contributed by atoms with Gasteiger partial charge in [0, 0.05) is 19.0 Å². The maximum atomic E-state index is 12.8. The first-order valence-corrected chi connectivity index (χ1v) is 10.5. The molecule has 0 radical (unpaired) electrons. The molecular weight excluding hydrogens is 350 g/mol. The number of nitrogens with zero attached hydrogens (tertiary/aromatic N) is 2. The van der Waals surface area contributed by atoms with E-state index in [1.165, 1.54) is 10.6 Å². The Kier molecular flexibility index (Phi) is 5.58. The summed E-state index contributed by atoms with van der Waals surface area (Å²) in [7, 11) is -3.19. The van der Waals surface area contributed by atoms with E-state index in [1.54, 1.807) is 5.01 Å². The summed E-state index contributed by atoms with van der Waals surface area (Å²) < 4.78 is 24.7. The largest absolute Gasteiger partial charge is 0.273 e. The fraction of sp³-hybridized carbons (Fsp3) is 0.316. The molecule has 2 aromatic rings. The normalized spacial score (nSPS) is 16.2. The first-order valence-electron chi connectivity index (χ1n) is 8.61. The van der Waals surface area contributed by atoms with Crippen molar-refractivity contribution in [3.8, 4) is 0 Å². The number of nitrogens with one attached hydrogen (secondary N) is 1. The number of amides is 1. The third-order valence-electron chi connectivity index (χ3n) is 4.54. The van der Waals surface area contributed by atoms with Gasteiger partial charge >= 0.3 is 0 Å². The number of benzene rings is 2. The van der Waals surface area contributed by atoms with E-state index >= 15 is 0 Å². The lowest BCUT2D eigenvalue weighted by molar-refractivity contribution is -0.126. The first-order chi connectivity index (χ1) is 12.4. The van der Waals surface area contributed by atoms with E-state index < -0.39 is 10.0 Å². The highest BCUT2D eigenvalue weighted by Gasteiger charge is 2.29. The summed E-state index contributed by atoms with van der Waals surface area (Å²) in [5, 5.41) is 1.77. The maximum Gasteiger partial charge on any atom is 0.242 e. The minimum atomic E-state index is -3.19. The number of sulfonamides is 1. The Hall–Kier alpha value is -2.38. The molecule has 0 spiro atoms. The SMILES string of the molecule is CS(=O)(=O)N1CCC(C(=O)NN(c2ccccc2)c2ccccc2)CC1. The fourth-order valence-electron chi connectivity index (χ4n) is 3.08. The highest BCUT2D eigenvalue weighted by atomic mass is 32.2. The molecular formula is C19H23N3O3S. The number of rotatable bonds is 5. The molecule has 0 unspecified atom stereocenters. The maximum absolute atomic E-state index is 12.8. The number of hydrogen-bond donors (Lipinski definition) is 1. The molecule has 1 aliphatic heterocycles. The molecule has 1 fully saturated rings. The third kappa shape index (κ3) is 4.42. The summed E-state index contributed by atoms with van der Waals surface area (Å²) in [6, 6.07) is 19.2. The van der Waals surface area contributed by atoms with Crippen molar-refractivity contribution in [1.82, 2.24) is 9.73 Å². The standard InChI is InChI=1S/C19H23N3O3S/c1-26(24,25)21-14-12-16(13-15-21)19(23)20-22(17-8-4-2-5-9-17)18-10-6-3-7-11-18/h2-11,16H,12-15H2,1H3,(H,20,23). The molecule has 1 N–H and O–H groups in total. The third-order valence-corrected chi connectivity index (χ3v) is 5.85. The van der Waals surface area contributed by atoms with Crippen molar-refractivity contribution >= 4 is 27.3 Å². The fourth-order valence-corrected chi connectivity index (χ4v) is 3.96. The lowest BCUT2D eigenvalue weighted by atomic mass is 9.97. The minimum absolute atomic E-state index is 0.0918. The summed E-state index contributed by atoms with van der Waals surface area (Å²) in [4.78, 5) is 12.8. The van der Waals surface area contributed by atoms with E-state index in [0.717, 1.165) is 11.4 Å². The molecule has 1 aliphatic rings. The predicted molar refractivity (Wildman–Crippen MR) is 102 cm³/mol. The van der Waals surface area contributed by atoms with Gasteiger partial charge < -0.3 is 0 Å². The molecule has 138 valence electrons. The van der Waals surface area contributed by atoms with E-state index in [1.807, 2.05) is 60.7 Å². The van der Waals surface area contributed by atoms with Crippen LogP contribution in [-0.2, 0) is 14.8 Å².